The quantitative estimate of drug-likeness (QED) is 0.700. The summed E-state index contributed by atoms with van der Waals surface area (Å²) in [5.74, 6) is -3.19. The molecule has 3 atom stereocenters. The topological polar surface area (TPSA) is 121 Å². The summed E-state index contributed by atoms with van der Waals surface area (Å²) in [5, 5.41) is 19.1. The number of benzene rings is 1. The standard InChI is InChI=1S/C17H21NO7S/c1-11-3-5-12(6-4-11)26(23,24)25-10-14-13(15(19)20)9-17(16(21)22)7-2-8-18(14)17/h3-6,13-14H,2,7-10H2,1H3,(H,19,20)(H,21,22)/t13-,14-,17+/m0/s1. The molecule has 0 saturated carbocycles. The minimum Gasteiger partial charge on any atom is -0.481 e. The summed E-state index contributed by atoms with van der Waals surface area (Å²) in [4.78, 5) is 25.0. The molecule has 1 aromatic carbocycles. The number of hydrogen-bond donors (Lipinski definition) is 2. The fourth-order valence-corrected chi connectivity index (χ4v) is 4.95. The zero-order chi connectivity index (χ0) is 19.1. The highest BCUT2D eigenvalue weighted by molar-refractivity contribution is 7.86. The van der Waals surface area contributed by atoms with Crippen molar-refractivity contribution in [2.24, 2.45) is 5.92 Å². The molecular formula is C17H21NO7S. The maximum absolute atomic E-state index is 12.4. The first-order chi connectivity index (χ1) is 12.2. The zero-order valence-electron chi connectivity index (χ0n) is 14.3. The lowest BCUT2D eigenvalue weighted by Gasteiger charge is -2.31. The number of aliphatic carboxylic acids is 2. The van der Waals surface area contributed by atoms with Crippen molar-refractivity contribution in [3.05, 3.63) is 29.8 Å². The number of carboxylic acids is 2. The fraction of sp³-hybridized carbons (Fsp3) is 0.529. The van der Waals surface area contributed by atoms with Gasteiger partial charge in [0.25, 0.3) is 10.1 Å². The lowest BCUT2D eigenvalue weighted by atomic mass is 9.89. The van der Waals surface area contributed by atoms with E-state index in [4.69, 9.17) is 4.18 Å². The Balaban J connectivity index is 1.82. The molecule has 0 aliphatic carbocycles. The van der Waals surface area contributed by atoms with Crippen molar-refractivity contribution in [3.63, 3.8) is 0 Å². The molecule has 0 unspecified atom stereocenters. The number of fused-ring (bicyclic) bond motifs is 1. The van der Waals surface area contributed by atoms with Gasteiger partial charge < -0.3 is 10.2 Å². The van der Waals surface area contributed by atoms with Crippen LogP contribution in [-0.4, -0.2) is 60.2 Å². The smallest absolute Gasteiger partial charge is 0.324 e. The van der Waals surface area contributed by atoms with Gasteiger partial charge in [0, 0.05) is 6.04 Å². The van der Waals surface area contributed by atoms with E-state index in [1.807, 2.05) is 6.92 Å². The van der Waals surface area contributed by atoms with Gasteiger partial charge in [-0.1, -0.05) is 17.7 Å². The van der Waals surface area contributed by atoms with Gasteiger partial charge in [-0.25, -0.2) is 0 Å². The summed E-state index contributed by atoms with van der Waals surface area (Å²) in [6.45, 7) is 1.85. The Labute approximate surface area is 151 Å². The summed E-state index contributed by atoms with van der Waals surface area (Å²) in [7, 11) is -4.05. The van der Waals surface area contributed by atoms with Gasteiger partial charge >= 0.3 is 11.9 Å². The highest BCUT2D eigenvalue weighted by Gasteiger charge is 2.60. The predicted octanol–water partition coefficient (Wildman–Crippen LogP) is 1.09. The van der Waals surface area contributed by atoms with Crippen LogP contribution in [0.5, 0.6) is 0 Å². The molecule has 0 aromatic heterocycles. The maximum Gasteiger partial charge on any atom is 0.324 e. The fourth-order valence-electron chi connectivity index (χ4n) is 4.03. The van der Waals surface area contributed by atoms with Crippen molar-refractivity contribution in [2.45, 2.75) is 42.7 Å². The highest BCUT2D eigenvalue weighted by Crippen LogP contribution is 2.46. The van der Waals surface area contributed by atoms with Crippen LogP contribution in [0.2, 0.25) is 0 Å². The van der Waals surface area contributed by atoms with Crippen LogP contribution in [0.1, 0.15) is 24.8 Å². The Morgan fingerprint density at radius 3 is 2.50 bits per heavy atom. The molecule has 1 aromatic rings. The second-order valence-electron chi connectivity index (χ2n) is 6.90. The van der Waals surface area contributed by atoms with Gasteiger partial charge in [-0.15, -0.1) is 0 Å². The SMILES string of the molecule is Cc1ccc(S(=O)(=O)OC[C@H]2[C@@H](C(=O)O)C[C@@]3(C(=O)O)CCCN23)cc1. The first-order valence-corrected chi connectivity index (χ1v) is 9.77. The average molecular weight is 383 g/mol. The van der Waals surface area contributed by atoms with Crippen molar-refractivity contribution in [2.75, 3.05) is 13.2 Å². The van der Waals surface area contributed by atoms with E-state index in [1.54, 1.807) is 17.0 Å². The molecule has 8 nitrogen and oxygen atoms in total. The van der Waals surface area contributed by atoms with Gasteiger partial charge in [-0.3, -0.25) is 18.7 Å². The summed E-state index contributed by atoms with van der Waals surface area (Å²) in [5.41, 5.74) is -0.348. The van der Waals surface area contributed by atoms with Gasteiger partial charge in [-0.2, -0.15) is 8.42 Å². The third kappa shape index (κ3) is 3.10. The molecule has 0 bridgehead atoms. The van der Waals surface area contributed by atoms with E-state index in [9.17, 15) is 28.2 Å². The van der Waals surface area contributed by atoms with Gasteiger partial charge in [0.1, 0.15) is 5.54 Å². The molecule has 26 heavy (non-hydrogen) atoms. The Kier molecular flexibility index (Phi) is 4.80. The predicted molar refractivity (Wildman–Crippen MR) is 90.2 cm³/mol. The summed E-state index contributed by atoms with van der Waals surface area (Å²) >= 11 is 0. The molecule has 0 radical (unpaired) electrons. The van der Waals surface area contributed by atoms with Gasteiger partial charge in [-0.05, 0) is 44.9 Å². The average Bonchev–Trinajstić information content (AvgIpc) is 3.11. The van der Waals surface area contributed by atoms with E-state index in [-0.39, 0.29) is 17.9 Å². The molecule has 2 aliphatic rings. The second kappa shape index (κ2) is 6.64. The molecule has 3 rings (SSSR count). The number of carbonyl (C=O) groups is 2. The van der Waals surface area contributed by atoms with Gasteiger partial charge in [0.2, 0.25) is 0 Å². The van der Waals surface area contributed by atoms with Crippen molar-refractivity contribution in [3.8, 4) is 0 Å². The van der Waals surface area contributed by atoms with E-state index >= 15 is 0 Å². The second-order valence-corrected chi connectivity index (χ2v) is 8.52. The van der Waals surface area contributed by atoms with E-state index < -0.39 is 39.6 Å². The Morgan fingerprint density at radius 2 is 1.92 bits per heavy atom. The number of aryl methyl sites for hydroxylation is 1. The van der Waals surface area contributed by atoms with Crippen molar-refractivity contribution < 1.29 is 32.4 Å². The number of nitrogens with zero attached hydrogens (tertiary/aromatic N) is 1. The Bertz CT molecular complexity index is 820. The molecule has 2 heterocycles. The Morgan fingerprint density at radius 1 is 1.27 bits per heavy atom. The third-order valence-corrected chi connectivity index (χ3v) is 6.68. The monoisotopic (exact) mass is 383 g/mol. The van der Waals surface area contributed by atoms with E-state index in [0.717, 1.165) is 5.56 Å². The van der Waals surface area contributed by atoms with E-state index in [2.05, 4.69) is 0 Å². The minimum atomic E-state index is -4.05. The first kappa shape index (κ1) is 18.8. The summed E-state index contributed by atoms with van der Waals surface area (Å²) in [6, 6.07) is 5.33. The molecule has 9 heteroatoms. The largest absolute Gasteiger partial charge is 0.481 e. The number of rotatable bonds is 6. The van der Waals surface area contributed by atoms with Crippen molar-refractivity contribution in [1.29, 1.82) is 0 Å². The number of hydrogen-bond acceptors (Lipinski definition) is 6. The maximum atomic E-state index is 12.4. The number of carboxylic acid groups (broad SMARTS) is 2. The van der Waals surface area contributed by atoms with Gasteiger partial charge in [0.05, 0.1) is 17.4 Å². The van der Waals surface area contributed by atoms with Crippen LogP contribution in [0, 0.1) is 12.8 Å². The van der Waals surface area contributed by atoms with Crippen LogP contribution in [0.25, 0.3) is 0 Å². The normalized spacial score (nSPS) is 28.8. The highest BCUT2D eigenvalue weighted by atomic mass is 32.2. The van der Waals surface area contributed by atoms with Crippen LogP contribution in [0.4, 0.5) is 0 Å². The van der Waals surface area contributed by atoms with Crippen molar-refractivity contribution in [1.82, 2.24) is 4.90 Å². The molecule has 2 fully saturated rings. The molecule has 0 spiro atoms. The van der Waals surface area contributed by atoms with E-state index in [1.165, 1.54) is 12.1 Å². The zero-order valence-corrected chi connectivity index (χ0v) is 15.1. The van der Waals surface area contributed by atoms with Crippen LogP contribution < -0.4 is 0 Å². The minimum absolute atomic E-state index is 0.0149. The van der Waals surface area contributed by atoms with Crippen LogP contribution in [-0.2, 0) is 23.9 Å². The lowest BCUT2D eigenvalue weighted by Crippen LogP contribution is -2.50. The lowest BCUT2D eigenvalue weighted by molar-refractivity contribution is -0.148. The van der Waals surface area contributed by atoms with Gasteiger partial charge in [0.15, 0.2) is 0 Å². The molecule has 142 valence electrons. The third-order valence-electron chi connectivity index (χ3n) is 5.38. The Hall–Kier alpha value is -1.97. The van der Waals surface area contributed by atoms with Crippen LogP contribution in [0.3, 0.4) is 0 Å². The van der Waals surface area contributed by atoms with Crippen LogP contribution in [0.15, 0.2) is 29.2 Å². The molecule has 0 amide bonds. The van der Waals surface area contributed by atoms with Crippen molar-refractivity contribution >= 4 is 22.1 Å². The van der Waals surface area contributed by atoms with E-state index in [0.29, 0.717) is 19.4 Å². The first-order valence-electron chi connectivity index (χ1n) is 8.36. The summed E-state index contributed by atoms with van der Waals surface area (Å²) < 4.78 is 29.9. The molecule has 2 N–H and O–H groups in total. The summed E-state index contributed by atoms with van der Waals surface area (Å²) in [6.07, 6.45) is 0.934. The molecular weight excluding hydrogens is 362 g/mol. The van der Waals surface area contributed by atoms with Crippen LogP contribution >= 0.6 is 0 Å². The molecule has 2 aliphatic heterocycles. The molecule has 2 saturated heterocycles.